The summed E-state index contributed by atoms with van der Waals surface area (Å²) in [5.74, 6) is 0.426. The predicted octanol–water partition coefficient (Wildman–Crippen LogP) is 2.13. The first kappa shape index (κ1) is 14.6. The van der Waals surface area contributed by atoms with E-state index in [9.17, 15) is 14.9 Å². The van der Waals surface area contributed by atoms with Crippen LogP contribution >= 0.6 is 0 Å². The topological polar surface area (TPSA) is 98.0 Å². The summed E-state index contributed by atoms with van der Waals surface area (Å²) in [6.45, 7) is 1.94. The van der Waals surface area contributed by atoms with Gasteiger partial charge < -0.3 is 5.32 Å². The Morgan fingerprint density at radius 2 is 2.05 bits per heavy atom. The largest absolute Gasteiger partial charge is 0.323 e. The molecule has 2 aromatic rings. The maximum atomic E-state index is 11.9. The molecule has 0 aliphatic carbocycles. The number of carbonyl (C=O) groups is 1. The SMILES string of the molecule is CCc1ncc(NC(=O)Cc2cccc([N+](=O)[O-])c2)cn1. The molecule has 1 aromatic heterocycles. The van der Waals surface area contributed by atoms with Crippen LogP contribution in [0.25, 0.3) is 0 Å². The molecule has 0 bridgehead atoms. The van der Waals surface area contributed by atoms with Crippen LogP contribution in [-0.4, -0.2) is 20.8 Å². The molecule has 7 nitrogen and oxygen atoms in total. The van der Waals surface area contributed by atoms with Crippen LogP contribution in [0.15, 0.2) is 36.7 Å². The second kappa shape index (κ2) is 6.56. The van der Waals surface area contributed by atoms with E-state index in [4.69, 9.17) is 0 Å². The van der Waals surface area contributed by atoms with E-state index in [0.717, 1.165) is 6.42 Å². The highest BCUT2D eigenvalue weighted by Gasteiger charge is 2.09. The first-order valence-corrected chi connectivity index (χ1v) is 6.42. The molecule has 0 radical (unpaired) electrons. The van der Waals surface area contributed by atoms with Gasteiger partial charge in [-0.3, -0.25) is 14.9 Å². The lowest BCUT2D eigenvalue weighted by atomic mass is 10.1. The van der Waals surface area contributed by atoms with Crippen LogP contribution in [0.5, 0.6) is 0 Å². The number of aryl methyl sites for hydroxylation is 1. The molecular weight excluding hydrogens is 272 g/mol. The number of anilines is 1. The van der Waals surface area contributed by atoms with E-state index in [0.29, 0.717) is 17.1 Å². The van der Waals surface area contributed by atoms with Crippen LogP contribution < -0.4 is 5.32 Å². The molecule has 0 fully saturated rings. The van der Waals surface area contributed by atoms with E-state index < -0.39 is 4.92 Å². The highest BCUT2D eigenvalue weighted by Crippen LogP contribution is 2.14. The summed E-state index contributed by atoms with van der Waals surface area (Å²) in [5, 5.41) is 13.3. The molecule has 0 unspecified atom stereocenters. The molecule has 1 N–H and O–H groups in total. The Labute approximate surface area is 121 Å². The van der Waals surface area contributed by atoms with Crippen molar-refractivity contribution in [3.8, 4) is 0 Å². The van der Waals surface area contributed by atoms with Crippen molar-refractivity contribution in [2.24, 2.45) is 0 Å². The van der Waals surface area contributed by atoms with Crippen LogP contribution in [0.3, 0.4) is 0 Å². The molecule has 108 valence electrons. The van der Waals surface area contributed by atoms with Crippen LogP contribution in [0.1, 0.15) is 18.3 Å². The monoisotopic (exact) mass is 286 g/mol. The number of nitrogens with one attached hydrogen (secondary N) is 1. The summed E-state index contributed by atoms with van der Waals surface area (Å²) >= 11 is 0. The molecule has 7 heteroatoms. The summed E-state index contributed by atoms with van der Waals surface area (Å²) in [7, 11) is 0. The zero-order valence-corrected chi connectivity index (χ0v) is 11.4. The van der Waals surface area contributed by atoms with E-state index in [1.54, 1.807) is 12.1 Å². The number of nitro benzene ring substituents is 1. The van der Waals surface area contributed by atoms with E-state index >= 15 is 0 Å². The zero-order chi connectivity index (χ0) is 15.2. The molecule has 0 atom stereocenters. The van der Waals surface area contributed by atoms with Crippen molar-refractivity contribution in [1.82, 2.24) is 9.97 Å². The average Bonchev–Trinajstić information content (AvgIpc) is 2.48. The number of hydrogen-bond donors (Lipinski definition) is 1. The highest BCUT2D eigenvalue weighted by molar-refractivity contribution is 5.92. The Kier molecular flexibility index (Phi) is 4.55. The van der Waals surface area contributed by atoms with Gasteiger partial charge in [0.15, 0.2) is 0 Å². The summed E-state index contributed by atoms with van der Waals surface area (Å²) in [5.41, 5.74) is 1.05. The van der Waals surface area contributed by atoms with Gasteiger partial charge >= 0.3 is 0 Å². The zero-order valence-electron chi connectivity index (χ0n) is 11.4. The highest BCUT2D eigenvalue weighted by atomic mass is 16.6. The first-order chi connectivity index (χ1) is 10.1. The minimum atomic E-state index is -0.487. The van der Waals surface area contributed by atoms with Gasteiger partial charge in [-0.2, -0.15) is 0 Å². The van der Waals surface area contributed by atoms with Crippen molar-refractivity contribution < 1.29 is 9.72 Å². The number of benzene rings is 1. The minimum absolute atomic E-state index is 0.0315. The maximum absolute atomic E-state index is 11.9. The summed E-state index contributed by atoms with van der Waals surface area (Å²) in [4.78, 5) is 30.2. The second-order valence-electron chi connectivity index (χ2n) is 4.39. The third-order valence-electron chi connectivity index (χ3n) is 2.79. The van der Waals surface area contributed by atoms with Crippen molar-refractivity contribution in [1.29, 1.82) is 0 Å². The molecule has 1 heterocycles. The normalized spacial score (nSPS) is 10.1. The summed E-state index contributed by atoms with van der Waals surface area (Å²) in [6.07, 6.45) is 3.85. The Morgan fingerprint density at radius 3 is 2.67 bits per heavy atom. The molecule has 1 amide bonds. The Morgan fingerprint density at radius 1 is 1.33 bits per heavy atom. The average molecular weight is 286 g/mol. The fourth-order valence-electron chi connectivity index (χ4n) is 1.77. The third-order valence-corrected chi connectivity index (χ3v) is 2.79. The van der Waals surface area contributed by atoms with Crippen LogP contribution in [0.2, 0.25) is 0 Å². The van der Waals surface area contributed by atoms with Crippen LogP contribution in [0, 0.1) is 10.1 Å². The van der Waals surface area contributed by atoms with Crippen molar-refractivity contribution in [2.75, 3.05) is 5.32 Å². The number of nitro groups is 1. The van der Waals surface area contributed by atoms with E-state index in [1.807, 2.05) is 6.92 Å². The Bertz CT molecular complexity index is 656. The van der Waals surface area contributed by atoms with E-state index in [-0.39, 0.29) is 18.0 Å². The number of carbonyl (C=O) groups excluding carboxylic acids is 1. The van der Waals surface area contributed by atoms with Crippen LogP contribution in [-0.2, 0) is 17.6 Å². The van der Waals surface area contributed by atoms with Gasteiger partial charge in [-0.1, -0.05) is 19.1 Å². The lowest BCUT2D eigenvalue weighted by Gasteiger charge is -2.05. The maximum Gasteiger partial charge on any atom is 0.269 e. The van der Waals surface area contributed by atoms with Crippen LogP contribution in [0.4, 0.5) is 11.4 Å². The Hall–Kier alpha value is -2.83. The molecule has 0 aliphatic heterocycles. The summed E-state index contributed by atoms with van der Waals surface area (Å²) < 4.78 is 0. The minimum Gasteiger partial charge on any atom is -0.323 e. The van der Waals surface area contributed by atoms with E-state index in [1.165, 1.54) is 24.5 Å². The van der Waals surface area contributed by atoms with Gasteiger partial charge in [-0.25, -0.2) is 9.97 Å². The smallest absolute Gasteiger partial charge is 0.269 e. The van der Waals surface area contributed by atoms with E-state index in [2.05, 4.69) is 15.3 Å². The second-order valence-corrected chi connectivity index (χ2v) is 4.39. The summed E-state index contributed by atoms with van der Waals surface area (Å²) in [6, 6.07) is 6.00. The predicted molar refractivity (Wildman–Crippen MR) is 76.8 cm³/mol. The lowest BCUT2D eigenvalue weighted by molar-refractivity contribution is -0.384. The van der Waals surface area contributed by atoms with Gasteiger partial charge in [0.25, 0.3) is 5.69 Å². The fourth-order valence-corrected chi connectivity index (χ4v) is 1.77. The fraction of sp³-hybridized carbons (Fsp3) is 0.214. The molecule has 21 heavy (non-hydrogen) atoms. The van der Waals surface area contributed by atoms with Crippen molar-refractivity contribution >= 4 is 17.3 Å². The Balaban J connectivity index is 2.00. The van der Waals surface area contributed by atoms with Gasteiger partial charge in [0.05, 0.1) is 29.4 Å². The number of rotatable bonds is 5. The number of non-ortho nitro benzene ring substituents is 1. The molecule has 0 saturated carbocycles. The molecular formula is C14H14N4O3. The lowest BCUT2D eigenvalue weighted by Crippen LogP contribution is -2.15. The number of aromatic nitrogens is 2. The standard InChI is InChI=1S/C14H14N4O3/c1-2-13-15-8-11(9-16-13)17-14(19)7-10-4-3-5-12(6-10)18(20)21/h3-6,8-9H,2,7H2,1H3,(H,17,19). The molecule has 0 aliphatic rings. The number of hydrogen-bond acceptors (Lipinski definition) is 5. The van der Waals surface area contributed by atoms with Crippen molar-refractivity contribution in [3.05, 3.63) is 58.2 Å². The third kappa shape index (κ3) is 4.07. The number of amides is 1. The molecule has 2 rings (SSSR count). The molecule has 0 spiro atoms. The molecule has 1 aromatic carbocycles. The van der Waals surface area contributed by atoms with Crippen molar-refractivity contribution in [3.63, 3.8) is 0 Å². The van der Waals surface area contributed by atoms with Crippen molar-refractivity contribution in [2.45, 2.75) is 19.8 Å². The van der Waals surface area contributed by atoms with Gasteiger partial charge in [0, 0.05) is 18.6 Å². The first-order valence-electron chi connectivity index (χ1n) is 6.42. The van der Waals surface area contributed by atoms with Gasteiger partial charge in [0.2, 0.25) is 5.91 Å². The quantitative estimate of drug-likeness (QED) is 0.670. The molecule has 0 saturated heterocycles. The van der Waals surface area contributed by atoms with Gasteiger partial charge in [0.1, 0.15) is 5.82 Å². The number of nitrogens with zero attached hydrogens (tertiary/aromatic N) is 3. The van der Waals surface area contributed by atoms with Gasteiger partial charge in [-0.05, 0) is 5.56 Å². The van der Waals surface area contributed by atoms with Gasteiger partial charge in [-0.15, -0.1) is 0 Å².